The van der Waals surface area contributed by atoms with E-state index >= 15 is 0 Å². The van der Waals surface area contributed by atoms with Gasteiger partial charge in [0.15, 0.2) is 0 Å². The Morgan fingerprint density at radius 3 is 2.43 bits per heavy atom. The summed E-state index contributed by atoms with van der Waals surface area (Å²) in [5, 5.41) is 10.8. The summed E-state index contributed by atoms with van der Waals surface area (Å²) < 4.78 is 23.2. The summed E-state index contributed by atoms with van der Waals surface area (Å²) in [4.78, 5) is 35.4. The van der Waals surface area contributed by atoms with Crippen LogP contribution in [0.2, 0.25) is 0 Å². The molecule has 168 valence electrons. The van der Waals surface area contributed by atoms with Crippen molar-refractivity contribution in [2.24, 2.45) is 0 Å². The predicted octanol–water partition coefficient (Wildman–Crippen LogP) is 4.36. The number of methoxy groups -OCH3 is 1. The summed E-state index contributed by atoms with van der Waals surface area (Å²) in [5.41, 5.74) is 0.585. The highest BCUT2D eigenvalue weighted by Gasteiger charge is 2.23. The Labute approximate surface area is 176 Å². The second kappa shape index (κ2) is 14.9. The number of nitrogens with zero attached hydrogens (tertiary/aromatic N) is 2. The van der Waals surface area contributed by atoms with E-state index in [1.807, 2.05) is 13.0 Å². The first-order chi connectivity index (χ1) is 14.2. The van der Waals surface area contributed by atoms with E-state index in [-0.39, 0.29) is 18.7 Å². The van der Waals surface area contributed by atoms with Gasteiger partial charge >= 0.3 is 12.1 Å². The van der Waals surface area contributed by atoms with E-state index in [0.29, 0.717) is 12.0 Å². The molecule has 2 unspecified atom stereocenters. The number of halogens is 1. The molecule has 0 heterocycles. The van der Waals surface area contributed by atoms with Crippen LogP contribution in [0, 0.1) is 10.1 Å². The van der Waals surface area contributed by atoms with Crippen molar-refractivity contribution < 1.29 is 28.4 Å². The predicted molar refractivity (Wildman–Crippen MR) is 112 cm³/mol. The molecule has 0 rings (SSSR count). The molecule has 0 aromatic rings. The van der Waals surface area contributed by atoms with Crippen molar-refractivity contribution in [1.29, 1.82) is 0 Å². The third-order valence-electron chi connectivity index (χ3n) is 3.98. The van der Waals surface area contributed by atoms with Crippen LogP contribution in [0.3, 0.4) is 0 Å². The minimum atomic E-state index is -0.769. The molecule has 0 aliphatic heterocycles. The highest BCUT2D eigenvalue weighted by atomic mass is 19.1. The molecule has 0 spiro atoms. The molecule has 0 bridgehead atoms. The summed E-state index contributed by atoms with van der Waals surface area (Å²) >= 11 is 0. The van der Waals surface area contributed by atoms with E-state index in [1.165, 1.54) is 37.2 Å². The van der Waals surface area contributed by atoms with Gasteiger partial charge in [-0.2, -0.15) is 0 Å². The maximum Gasteiger partial charge on any atom is 0.410 e. The third-order valence-corrected chi connectivity index (χ3v) is 3.98. The van der Waals surface area contributed by atoms with Gasteiger partial charge in [0.1, 0.15) is 12.8 Å². The second-order valence-corrected chi connectivity index (χ2v) is 6.42. The number of hydrogen-bond acceptors (Lipinski definition) is 6. The van der Waals surface area contributed by atoms with Crippen LogP contribution in [-0.2, 0) is 14.3 Å². The standard InChI is InChI=1S/C21H31FN2O6/c1-6-9-18(10-8-11-20(25)29-5)15-23(16(3)14-22)21(26)30-17(4)12-13-19(7-2)24(27)28/h7-10,12-13,16-17H,6,11,14-15H2,1-5H3/b10-8-,13-12-,18-9+,19-7+. The fraction of sp³-hybridized carbons (Fsp3) is 0.524. The van der Waals surface area contributed by atoms with E-state index in [4.69, 9.17) is 4.74 Å². The number of allylic oxidation sites excluding steroid dienone is 3. The van der Waals surface area contributed by atoms with Gasteiger partial charge in [-0.3, -0.25) is 19.8 Å². The van der Waals surface area contributed by atoms with Crippen LogP contribution in [0.4, 0.5) is 9.18 Å². The molecule has 1 amide bonds. The number of ether oxygens (including phenoxy) is 2. The molecule has 0 radical (unpaired) electrons. The number of carbonyl (C=O) groups excluding carboxylic acids is 2. The molecule has 0 aromatic heterocycles. The maximum absolute atomic E-state index is 13.3. The Morgan fingerprint density at radius 2 is 1.93 bits per heavy atom. The lowest BCUT2D eigenvalue weighted by Gasteiger charge is -2.28. The largest absolute Gasteiger partial charge is 0.469 e. The molecular weight excluding hydrogens is 395 g/mol. The fourth-order valence-electron chi connectivity index (χ4n) is 2.28. The van der Waals surface area contributed by atoms with Crippen molar-refractivity contribution >= 4 is 12.1 Å². The Hall–Kier alpha value is -2.97. The number of nitro groups is 1. The van der Waals surface area contributed by atoms with Gasteiger partial charge in [0.2, 0.25) is 0 Å². The molecule has 0 aromatic carbocycles. The Bertz CT molecular complexity index is 700. The van der Waals surface area contributed by atoms with Gasteiger partial charge in [-0.15, -0.1) is 0 Å². The molecule has 30 heavy (non-hydrogen) atoms. The topological polar surface area (TPSA) is 99.0 Å². The van der Waals surface area contributed by atoms with Crippen LogP contribution >= 0.6 is 0 Å². The maximum atomic E-state index is 13.3. The molecule has 0 saturated heterocycles. The van der Waals surface area contributed by atoms with Gasteiger partial charge in [-0.1, -0.05) is 25.2 Å². The zero-order chi connectivity index (χ0) is 23.1. The molecule has 2 atom stereocenters. The van der Waals surface area contributed by atoms with Crippen LogP contribution in [-0.4, -0.2) is 54.4 Å². The van der Waals surface area contributed by atoms with Gasteiger partial charge in [-0.25, -0.2) is 9.18 Å². The molecule has 0 saturated carbocycles. The molecule has 9 heteroatoms. The average Bonchev–Trinajstić information content (AvgIpc) is 2.71. The van der Waals surface area contributed by atoms with Gasteiger partial charge in [0, 0.05) is 12.6 Å². The number of rotatable bonds is 12. The summed E-state index contributed by atoms with van der Waals surface area (Å²) in [6.07, 6.45) is 8.36. The fourth-order valence-corrected chi connectivity index (χ4v) is 2.28. The number of hydrogen-bond donors (Lipinski definition) is 0. The minimum Gasteiger partial charge on any atom is -0.469 e. The highest BCUT2D eigenvalue weighted by Crippen LogP contribution is 2.12. The Kier molecular flexibility index (Phi) is 13.5. The number of carbonyl (C=O) groups is 2. The van der Waals surface area contributed by atoms with Crippen LogP contribution in [0.1, 0.15) is 40.5 Å². The number of esters is 1. The van der Waals surface area contributed by atoms with Crippen molar-refractivity contribution in [3.05, 3.63) is 57.8 Å². The molecule has 0 fully saturated rings. The summed E-state index contributed by atoms with van der Waals surface area (Å²) in [5.74, 6) is -0.397. The first-order valence-electron chi connectivity index (χ1n) is 9.64. The van der Waals surface area contributed by atoms with E-state index in [1.54, 1.807) is 26.0 Å². The van der Waals surface area contributed by atoms with Gasteiger partial charge < -0.3 is 9.47 Å². The van der Waals surface area contributed by atoms with E-state index < -0.39 is 35.8 Å². The number of amides is 1. The van der Waals surface area contributed by atoms with Crippen molar-refractivity contribution in [3.63, 3.8) is 0 Å². The third kappa shape index (κ3) is 10.5. The van der Waals surface area contributed by atoms with E-state index in [9.17, 15) is 24.1 Å². The van der Waals surface area contributed by atoms with Crippen molar-refractivity contribution in [2.75, 3.05) is 20.3 Å². The summed E-state index contributed by atoms with van der Waals surface area (Å²) in [6, 6.07) is -0.743. The zero-order valence-electron chi connectivity index (χ0n) is 18.2. The second-order valence-electron chi connectivity index (χ2n) is 6.42. The zero-order valence-corrected chi connectivity index (χ0v) is 18.2. The first-order valence-corrected chi connectivity index (χ1v) is 9.64. The Balaban J connectivity index is 5.30. The van der Waals surface area contributed by atoms with Crippen molar-refractivity contribution in [1.82, 2.24) is 4.90 Å². The van der Waals surface area contributed by atoms with Crippen molar-refractivity contribution in [2.45, 2.75) is 52.7 Å². The molecule has 0 aliphatic carbocycles. The van der Waals surface area contributed by atoms with Gasteiger partial charge in [0.25, 0.3) is 5.70 Å². The van der Waals surface area contributed by atoms with E-state index in [0.717, 1.165) is 0 Å². The lowest BCUT2D eigenvalue weighted by atomic mass is 10.1. The smallest absolute Gasteiger partial charge is 0.410 e. The average molecular weight is 426 g/mol. The quantitative estimate of drug-likeness (QED) is 0.199. The number of alkyl halides is 1. The van der Waals surface area contributed by atoms with Gasteiger partial charge in [-0.05, 0) is 44.9 Å². The molecule has 0 N–H and O–H groups in total. The van der Waals surface area contributed by atoms with Crippen molar-refractivity contribution in [3.8, 4) is 0 Å². The van der Waals surface area contributed by atoms with E-state index in [2.05, 4.69) is 4.74 Å². The lowest BCUT2D eigenvalue weighted by molar-refractivity contribution is -0.419. The van der Waals surface area contributed by atoms with Crippen LogP contribution in [0.25, 0.3) is 0 Å². The monoisotopic (exact) mass is 426 g/mol. The highest BCUT2D eigenvalue weighted by molar-refractivity contribution is 5.71. The molecular formula is C21H31FN2O6. The normalized spacial score (nSPS) is 14.6. The van der Waals surface area contributed by atoms with Crippen LogP contribution in [0.15, 0.2) is 47.7 Å². The SMILES string of the molecule is C/C=C(\C=C/C(C)OC(=O)N(CC(/C=C\CC(=O)OC)=C/CC)C(C)CF)[N+](=O)[O-]. The minimum absolute atomic E-state index is 0.0756. The van der Waals surface area contributed by atoms with Gasteiger partial charge in [0.05, 0.1) is 24.5 Å². The van der Waals surface area contributed by atoms with Crippen LogP contribution < -0.4 is 0 Å². The van der Waals surface area contributed by atoms with Crippen LogP contribution in [0.5, 0.6) is 0 Å². The summed E-state index contributed by atoms with van der Waals surface area (Å²) in [7, 11) is 1.29. The first kappa shape index (κ1) is 27.0. The lowest BCUT2D eigenvalue weighted by Crippen LogP contribution is -2.42. The Morgan fingerprint density at radius 1 is 1.27 bits per heavy atom. The summed E-state index contributed by atoms with van der Waals surface area (Å²) in [6.45, 7) is 5.86. The molecule has 0 aliphatic rings. The molecule has 8 nitrogen and oxygen atoms in total.